The highest BCUT2D eigenvalue weighted by Gasteiger charge is 2.25. The normalized spacial score (nSPS) is 10.7. The second-order valence-electron chi connectivity index (χ2n) is 6.64. The third-order valence-electron chi connectivity index (χ3n) is 4.64. The summed E-state index contributed by atoms with van der Waals surface area (Å²) in [7, 11) is 1.51. The number of hydrogen-bond donors (Lipinski definition) is 1. The van der Waals surface area contributed by atoms with Gasteiger partial charge in [-0.2, -0.15) is 0 Å². The third kappa shape index (κ3) is 3.60. The predicted molar refractivity (Wildman–Crippen MR) is 111 cm³/mol. The Hall–Kier alpha value is -3.93. The average molecular weight is 385 g/mol. The molecule has 0 aliphatic rings. The molecule has 29 heavy (non-hydrogen) atoms. The number of anilines is 1. The second kappa shape index (κ2) is 7.59. The van der Waals surface area contributed by atoms with Gasteiger partial charge in [0.1, 0.15) is 5.69 Å². The van der Waals surface area contributed by atoms with Gasteiger partial charge in [-0.1, -0.05) is 30.3 Å². The van der Waals surface area contributed by atoms with Gasteiger partial charge in [-0.05, 0) is 42.3 Å². The maximum absolute atomic E-state index is 13.1. The van der Waals surface area contributed by atoms with Crippen LogP contribution < -0.4 is 10.1 Å². The molecule has 144 valence electrons. The number of nitrogens with one attached hydrogen (secondary N) is 1. The van der Waals surface area contributed by atoms with Gasteiger partial charge in [0.25, 0.3) is 11.7 Å². The van der Waals surface area contributed by atoms with Gasteiger partial charge in [0.05, 0.1) is 19.0 Å². The zero-order chi connectivity index (χ0) is 20.4. The van der Waals surface area contributed by atoms with E-state index in [0.717, 1.165) is 16.6 Å². The number of fused-ring (bicyclic) bond motifs is 1. The number of amides is 1. The van der Waals surface area contributed by atoms with Crippen molar-refractivity contribution in [1.29, 1.82) is 0 Å². The van der Waals surface area contributed by atoms with Crippen molar-refractivity contribution in [3.63, 3.8) is 0 Å². The predicted octanol–water partition coefficient (Wildman–Crippen LogP) is 4.14. The Morgan fingerprint density at radius 3 is 2.52 bits per heavy atom. The highest BCUT2D eigenvalue weighted by atomic mass is 16.5. The monoisotopic (exact) mass is 385 g/mol. The van der Waals surface area contributed by atoms with E-state index in [0.29, 0.717) is 22.8 Å². The first-order chi connectivity index (χ1) is 14.1. The van der Waals surface area contributed by atoms with E-state index in [-0.39, 0.29) is 0 Å². The molecule has 1 aromatic carbocycles. The molecule has 0 saturated carbocycles. The number of pyridine rings is 2. The van der Waals surface area contributed by atoms with E-state index < -0.39 is 11.7 Å². The van der Waals surface area contributed by atoms with Crippen molar-refractivity contribution < 1.29 is 14.3 Å². The highest BCUT2D eigenvalue weighted by Crippen LogP contribution is 2.29. The van der Waals surface area contributed by atoms with E-state index in [1.807, 2.05) is 61.7 Å². The molecule has 0 spiro atoms. The third-order valence-corrected chi connectivity index (χ3v) is 4.64. The molecular formula is C23H19N3O3. The lowest BCUT2D eigenvalue weighted by Crippen LogP contribution is -2.24. The van der Waals surface area contributed by atoms with E-state index in [9.17, 15) is 9.59 Å². The fraction of sp³-hybridized carbons (Fsp3) is 0.0870. The van der Waals surface area contributed by atoms with Crippen LogP contribution in [0.25, 0.3) is 16.6 Å². The molecule has 0 bridgehead atoms. The number of carbonyl (C=O) groups is 2. The van der Waals surface area contributed by atoms with Gasteiger partial charge in [0, 0.05) is 23.3 Å². The molecular weight excluding hydrogens is 366 g/mol. The molecule has 0 unspecified atom stereocenters. The molecule has 0 atom stereocenters. The molecule has 3 heterocycles. The van der Waals surface area contributed by atoms with E-state index in [1.165, 1.54) is 13.3 Å². The number of rotatable bonds is 5. The molecule has 1 N–H and O–H groups in total. The first-order valence-corrected chi connectivity index (χ1v) is 9.09. The van der Waals surface area contributed by atoms with E-state index in [4.69, 9.17) is 4.74 Å². The molecule has 1 amide bonds. The Balaban J connectivity index is 1.74. The van der Waals surface area contributed by atoms with Crippen LogP contribution in [0, 0.1) is 6.92 Å². The molecule has 0 aliphatic heterocycles. The van der Waals surface area contributed by atoms with Crippen molar-refractivity contribution in [3.8, 4) is 17.0 Å². The maximum atomic E-state index is 13.1. The van der Waals surface area contributed by atoms with Gasteiger partial charge in [-0.25, -0.2) is 4.98 Å². The van der Waals surface area contributed by atoms with E-state index >= 15 is 0 Å². The summed E-state index contributed by atoms with van der Waals surface area (Å²) in [6.07, 6.45) is 3.26. The molecule has 0 saturated heterocycles. The summed E-state index contributed by atoms with van der Waals surface area (Å²) >= 11 is 0. The molecule has 0 fully saturated rings. The number of Topliss-reactive ketones (excluding diaryl/α,β-unsaturated/α-hetero) is 1. The van der Waals surface area contributed by atoms with Crippen molar-refractivity contribution >= 4 is 22.9 Å². The summed E-state index contributed by atoms with van der Waals surface area (Å²) < 4.78 is 6.76. The van der Waals surface area contributed by atoms with Crippen LogP contribution in [-0.2, 0) is 4.79 Å². The number of aromatic nitrogens is 2. The lowest BCUT2D eigenvalue weighted by Gasteiger charge is -2.08. The van der Waals surface area contributed by atoms with Crippen LogP contribution >= 0.6 is 0 Å². The van der Waals surface area contributed by atoms with Crippen LogP contribution in [-0.4, -0.2) is 28.2 Å². The van der Waals surface area contributed by atoms with E-state index in [1.54, 1.807) is 16.5 Å². The lowest BCUT2D eigenvalue weighted by atomic mass is 10.0. The summed E-state index contributed by atoms with van der Waals surface area (Å²) in [4.78, 5) is 29.9. The smallest absolute Gasteiger partial charge is 0.298 e. The van der Waals surface area contributed by atoms with Crippen LogP contribution in [0.5, 0.6) is 5.88 Å². The van der Waals surface area contributed by atoms with Crippen molar-refractivity contribution in [3.05, 3.63) is 84.3 Å². The summed E-state index contributed by atoms with van der Waals surface area (Å²) in [6, 6.07) is 18.6. The minimum Gasteiger partial charge on any atom is -0.481 e. The number of hydrogen-bond acceptors (Lipinski definition) is 4. The van der Waals surface area contributed by atoms with Gasteiger partial charge < -0.3 is 14.5 Å². The first-order valence-electron chi connectivity index (χ1n) is 9.09. The Labute approximate surface area is 167 Å². The van der Waals surface area contributed by atoms with Crippen molar-refractivity contribution in [2.75, 3.05) is 12.4 Å². The Morgan fingerprint density at radius 1 is 1.03 bits per heavy atom. The van der Waals surface area contributed by atoms with Crippen LogP contribution in [0.4, 0.5) is 5.69 Å². The SMILES string of the molecule is COc1ccc(NC(=O)C(=O)c2c(-c3ccccc3)cc3cc(C)ccn23)cn1. The lowest BCUT2D eigenvalue weighted by molar-refractivity contribution is -0.112. The minimum absolute atomic E-state index is 0.324. The first kappa shape index (κ1) is 18.4. The molecule has 0 radical (unpaired) electrons. The summed E-state index contributed by atoms with van der Waals surface area (Å²) in [6.45, 7) is 1.99. The number of ketones is 1. The topological polar surface area (TPSA) is 72.7 Å². The molecule has 6 nitrogen and oxygen atoms in total. The van der Waals surface area contributed by atoms with Crippen LogP contribution in [0.15, 0.2) is 73.1 Å². The quantitative estimate of drug-likeness (QED) is 0.414. The standard InChI is InChI=1S/C23H19N3O3/c1-15-10-11-26-18(12-15)13-19(16-6-4-3-5-7-16)21(26)22(27)23(28)25-17-8-9-20(29-2)24-14-17/h3-14H,1-2H3,(H,25,28). The maximum Gasteiger partial charge on any atom is 0.298 e. The Kier molecular flexibility index (Phi) is 4.83. The van der Waals surface area contributed by atoms with Crippen LogP contribution in [0.3, 0.4) is 0 Å². The zero-order valence-electron chi connectivity index (χ0n) is 16.0. The van der Waals surface area contributed by atoms with Gasteiger partial charge >= 0.3 is 0 Å². The largest absolute Gasteiger partial charge is 0.481 e. The zero-order valence-corrected chi connectivity index (χ0v) is 16.0. The highest BCUT2D eigenvalue weighted by molar-refractivity contribution is 6.47. The molecule has 3 aromatic heterocycles. The number of aryl methyl sites for hydroxylation is 1. The van der Waals surface area contributed by atoms with E-state index in [2.05, 4.69) is 10.3 Å². The minimum atomic E-state index is -0.727. The van der Waals surface area contributed by atoms with Crippen LogP contribution in [0.1, 0.15) is 16.1 Å². The number of nitrogens with zero attached hydrogens (tertiary/aromatic N) is 2. The number of benzene rings is 1. The van der Waals surface area contributed by atoms with Gasteiger partial charge in [-0.3, -0.25) is 9.59 Å². The Morgan fingerprint density at radius 2 is 1.83 bits per heavy atom. The van der Waals surface area contributed by atoms with Crippen molar-refractivity contribution in [2.45, 2.75) is 6.92 Å². The molecule has 4 rings (SSSR count). The summed E-state index contributed by atoms with van der Waals surface area (Å²) in [5, 5.41) is 2.62. The van der Waals surface area contributed by atoms with Gasteiger partial charge in [0.15, 0.2) is 0 Å². The van der Waals surface area contributed by atoms with Crippen LogP contribution in [0.2, 0.25) is 0 Å². The van der Waals surface area contributed by atoms with Crippen molar-refractivity contribution in [1.82, 2.24) is 9.38 Å². The average Bonchev–Trinajstić information content (AvgIpc) is 3.12. The number of methoxy groups -OCH3 is 1. The molecule has 0 aliphatic carbocycles. The molecule has 6 heteroatoms. The summed E-state index contributed by atoms with van der Waals surface area (Å²) in [5.41, 5.74) is 4.25. The van der Waals surface area contributed by atoms with Crippen molar-refractivity contribution in [2.24, 2.45) is 0 Å². The fourth-order valence-corrected chi connectivity index (χ4v) is 3.23. The second-order valence-corrected chi connectivity index (χ2v) is 6.64. The number of ether oxygens (including phenoxy) is 1. The number of carbonyl (C=O) groups excluding carboxylic acids is 2. The summed E-state index contributed by atoms with van der Waals surface area (Å²) in [5.74, 6) is -0.924. The fourth-order valence-electron chi connectivity index (χ4n) is 3.23. The van der Waals surface area contributed by atoms with Gasteiger partial charge in [-0.15, -0.1) is 0 Å². The van der Waals surface area contributed by atoms with Gasteiger partial charge in [0.2, 0.25) is 5.88 Å². The molecule has 4 aromatic rings. The Bertz CT molecular complexity index is 1200.